The Bertz CT molecular complexity index is 977. The summed E-state index contributed by atoms with van der Waals surface area (Å²) in [6.45, 7) is 4.84. The fraction of sp³-hybridized carbons (Fsp3) is 0.852. The van der Waals surface area contributed by atoms with Gasteiger partial charge < -0.3 is 20.3 Å². The van der Waals surface area contributed by atoms with Crippen LogP contribution >= 0.6 is 0 Å². The van der Waals surface area contributed by atoms with Crippen molar-refractivity contribution < 1.29 is 24.5 Å². The second-order valence-corrected chi connectivity index (χ2v) is 17.8. The number of hydrogen-bond donors (Lipinski definition) is 3. The van der Waals surface area contributed by atoms with Gasteiger partial charge in [0.1, 0.15) is 0 Å². The Morgan fingerprint density at radius 3 is 1.20 bits per heavy atom. The molecule has 352 valence electrons. The van der Waals surface area contributed by atoms with Crippen molar-refractivity contribution in [2.75, 3.05) is 13.2 Å². The average Bonchev–Trinajstić information content (AvgIpc) is 3.25. The topological polar surface area (TPSA) is 95.9 Å². The molecule has 0 aromatic heterocycles. The molecule has 0 aromatic rings. The maximum atomic E-state index is 12.4. The van der Waals surface area contributed by atoms with Crippen molar-refractivity contribution >= 4 is 11.9 Å². The van der Waals surface area contributed by atoms with Gasteiger partial charge in [-0.05, 0) is 83.5 Å². The number of ether oxygens (including phenoxy) is 1. The minimum absolute atomic E-state index is 0.0180. The van der Waals surface area contributed by atoms with Crippen LogP contribution in [-0.2, 0) is 14.3 Å². The summed E-state index contributed by atoms with van der Waals surface area (Å²) in [5, 5.41) is 23.0. The quantitative estimate of drug-likeness (QED) is 0.0322. The van der Waals surface area contributed by atoms with Crippen molar-refractivity contribution in [2.45, 2.75) is 283 Å². The highest BCUT2D eigenvalue weighted by Gasteiger charge is 2.18. The van der Waals surface area contributed by atoms with E-state index in [9.17, 15) is 19.8 Å². The number of unbranched alkanes of at least 4 members (excludes halogenated alkanes) is 33. The van der Waals surface area contributed by atoms with Gasteiger partial charge >= 0.3 is 5.97 Å². The standard InChI is InChI=1S/C54H101NO5/c1-3-5-7-9-11-13-15-17-18-19-20-24-28-32-36-40-44-48-54(59)60-49-45-41-37-33-29-25-21-23-27-31-35-39-43-47-53(58)55-51(50-56)52(57)46-42-38-34-30-26-22-16-14-12-10-8-6-4-2/h17-18,23,27,42,46,51-52,56-57H,3-16,19-22,24-26,28-41,43-45,47-50H2,1-2H3,(H,55,58)/b18-17-,27-23-,46-42+. The van der Waals surface area contributed by atoms with E-state index in [0.717, 1.165) is 70.6 Å². The molecule has 6 nitrogen and oxygen atoms in total. The molecule has 0 aliphatic rings. The zero-order valence-electron chi connectivity index (χ0n) is 39.9. The number of aliphatic hydroxyl groups excluding tert-OH is 2. The predicted molar refractivity (Wildman–Crippen MR) is 259 cm³/mol. The van der Waals surface area contributed by atoms with E-state index >= 15 is 0 Å². The maximum Gasteiger partial charge on any atom is 0.305 e. The molecule has 0 aliphatic heterocycles. The number of carbonyl (C=O) groups is 2. The molecule has 3 N–H and O–H groups in total. The highest BCUT2D eigenvalue weighted by atomic mass is 16.5. The summed E-state index contributed by atoms with van der Waals surface area (Å²) in [6.07, 6.45) is 60.0. The van der Waals surface area contributed by atoms with E-state index in [1.54, 1.807) is 6.08 Å². The smallest absolute Gasteiger partial charge is 0.305 e. The Labute approximate surface area is 373 Å². The molecule has 0 saturated heterocycles. The second kappa shape index (κ2) is 49.7. The van der Waals surface area contributed by atoms with Gasteiger partial charge in [0.05, 0.1) is 25.4 Å². The van der Waals surface area contributed by atoms with E-state index < -0.39 is 12.1 Å². The predicted octanol–water partition coefficient (Wildman–Crippen LogP) is 15.7. The molecule has 0 aliphatic carbocycles. The first-order valence-corrected chi connectivity index (χ1v) is 26.3. The zero-order chi connectivity index (χ0) is 43.7. The molecular weight excluding hydrogens is 743 g/mol. The highest BCUT2D eigenvalue weighted by Crippen LogP contribution is 2.15. The molecule has 0 radical (unpaired) electrons. The van der Waals surface area contributed by atoms with Gasteiger partial charge in [-0.25, -0.2) is 0 Å². The number of esters is 1. The van der Waals surface area contributed by atoms with Crippen LogP contribution in [0.2, 0.25) is 0 Å². The van der Waals surface area contributed by atoms with Gasteiger partial charge in [0.15, 0.2) is 0 Å². The van der Waals surface area contributed by atoms with Crippen molar-refractivity contribution in [3.05, 3.63) is 36.5 Å². The molecule has 0 heterocycles. The van der Waals surface area contributed by atoms with Gasteiger partial charge in [-0.15, -0.1) is 0 Å². The first kappa shape index (κ1) is 58.1. The summed E-state index contributed by atoms with van der Waals surface area (Å²) in [7, 11) is 0. The Morgan fingerprint density at radius 2 is 0.783 bits per heavy atom. The van der Waals surface area contributed by atoms with Gasteiger partial charge in [0.25, 0.3) is 0 Å². The van der Waals surface area contributed by atoms with E-state index in [-0.39, 0.29) is 18.5 Å². The molecule has 2 unspecified atom stereocenters. The Morgan fingerprint density at radius 1 is 0.450 bits per heavy atom. The SMILES string of the molecule is CCCCCCCC/C=C\CCCCCCCCCC(=O)OCCCCCCCC/C=C\CCCCCC(=O)NC(CO)C(O)/C=C/CCCCCCCCCCCCC. The number of aliphatic hydroxyl groups is 2. The molecule has 2 atom stereocenters. The molecule has 60 heavy (non-hydrogen) atoms. The van der Waals surface area contributed by atoms with E-state index in [0.29, 0.717) is 19.4 Å². The fourth-order valence-electron chi connectivity index (χ4n) is 7.80. The molecule has 0 aromatic carbocycles. The number of amides is 1. The summed E-state index contributed by atoms with van der Waals surface area (Å²) < 4.78 is 5.46. The van der Waals surface area contributed by atoms with Crippen molar-refractivity contribution in [1.82, 2.24) is 5.32 Å². The molecule has 1 amide bonds. The van der Waals surface area contributed by atoms with Crippen LogP contribution in [0.1, 0.15) is 271 Å². The lowest BCUT2D eigenvalue weighted by atomic mass is 10.0. The van der Waals surface area contributed by atoms with Gasteiger partial charge in [-0.1, -0.05) is 211 Å². The molecule has 0 saturated carbocycles. The molecular formula is C54H101NO5. The van der Waals surface area contributed by atoms with Crippen molar-refractivity contribution in [3.63, 3.8) is 0 Å². The number of hydrogen-bond acceptors (Lipinski definition) is 5. The number of carbonyl (C=O) groups excluding carboxylic acids is 2. The number of nitrogens with one attached hydrogen (secondary N) is 1. The highest BCUT2D eigenvalue weighted by molar-refractivity contribution is 5.76. The summed E-state index contributed by atoms with van der Waals surface area (Å²) in [6, 6.07) is -0.648. The Kier molecular flexibility index (Phi) is 48.1. The summed E-state index contributed by atoms with van der Waals surface area (Å²) in [5.41, 5.74) is 0. The molecule has 0 rings (SSSR count). The third-order valence-electron chi connectivity index (χ3n) is 11.9. The summed E-state index contributed by atoms with van der Waals surface area (Å²) in [5.74, 6) is -0.117. The number of rotatable bonds is 48. The first-order chi connectivity index (χ1) is 29.5. The van der Waals surface area contributed by atoms with Crippen molar-refractivity contribution in [2.24, 2.45) is 0 Å². The van der Waals surface area contributed by atoms with Crippen molar-refractivity contribution in [3.8, 4) is 0 Å². The van der Waals surface area contributed by atoms with E-state index in [1.165, 1.54) is 173 Å². The lowest BCUT2D eigenvalue weighted by Gasteiger charge is -2.19. The van der Waals surface area contributed by atoms with Crippen LogP contribution in [0.15, 0.2) is 36.5 Å². The van der Waals surface area contributed by atoms with Crippen LogP contribution in [0, 0.1) is 0 Å². The van der Waals surface area contributed by atoms with Crippen LogP contribution in [0.4, 0.5) is 0 Å². The maximum absolute atomic E-state index is 12.4. The van der Waals surface area contributed by atoms with Crippen LogP contribution in [-0.4, -0.2) is 47.4 Å². The van der Waals surface area contributed by atoms with Gasteiger partial charge in [-0.2, -0.15) is 0 Å². The van der Waals surface area contributed by atoms with E-state index in [1.807, 2.05) is 6.08 Å². The molecule has 0 fully saturated rings. The van der Waals surface area contributed by atoms with E-state index in [2.05, 4.69) is 43.5 Å². The fourth-order valence-corrected chi connectivity index (χ4v) is 7.80. The van der Waals surface area contributed by atoms with E-state index in [4.69, 9.17) is 4.74 Å². The number of allylic oxidation sites excluding steroid dienone is 5. The van der Waals surface area contributed by atoms with Gasteiger partial charge in [-0.3, -0.25) is 9.59 Å². The monoisotopic (exact) mass is 844 g/mol. The van der Waals surface area contributed by atoms with Gasteiger partial charge in [0.2, 0.25) is 5.91 Å². The average molecular weight is 844 g/mol. The van der Waals surface area contributed by atoms with Crippen LogP contribution in [0.3, 0.4) is 0 Å². The minimum atomic E-state index is -0.861. The Balaban J connectivity index is 3.52. The van der Waals surface area contributed by atoms with Crippen molar-refractivity contribution in [1.29, 1.82) is 0 Å². The summed E-state index contributed by atoms with van der Waals surface area (Å²) in [4.78, 5) is 24.5. The molecule has 0 bridgehead atoms. The molecule has 6 heteroatoms. The molecule has 0 spiro atoms. The van der Waals surface area contributed by atoms with Crippen LogP contribution < -0.4 is 5.32 Å². The Hall–Kier alpha value is -1.92. The van der Waals surface area contributed by atoms with Gasteiger partial charge in [0, 0.05) is 12.8 Å². The summed E-state index contributed by atoms with van der Waals surface area (Å²) >= 11 is 0. The minimum Gasteiger partial charge on any atom is -0.466 e. The first-order valence-electron chi connectivity index (χ1n) is 26.3. The second-order valence-electron chi connectivity index (χ2n) is 17.8. The third-order valence-corrected chi connectivity index (χ3v) is 11.9. The normalized spacial score (nSPS) is 12.9. The lowest BCUT2D eigenvalue weighted by molar-refractivity contribution is -0.143. The zero-order valence-corrected chi connectivity index (χ0v) is 39.9. The van der Waals surface area contributed by atoms with Crippen LogP contribution in [0.5, 0.6) is 0 Å². The largest absolute Gasteiger partial charge is 0.466 e. The third kappa shape index (κ3) is 45.6. The van der Waals surface area contributed by atoms with Crippen LogP contribution in [0.25, 0.3) is 0 Å². The lowest BCUT2D eigenvalue weighted by Crippen LogP contribution is -2.45.